The van der Waals surface area contributed by atoms with Gasteiger partial charge in [-0.25, -0.2) is 24.3 Å². The number of fused-ring (bicyclic) bond motifs is 1. The van der Waals surface area contributed by atoms with E-state index in [1.165, 1.54) is 23.5 Å². The zero-order valence-electron chi connectivity index (χ0n) is 25.9. The van der Waals surface area contributed by atoms with Gasteiger partial charge in [-0.1, -0.05) is 18.3 Å². The molecule has 3 N–H and O–H groups in total. The minimum Gasteiger partial charge on any atom is -0.392 e. The number of benzene rings is 1. The van der Waals surface area contributed by atoms with Crippen LogP contribution in [0.5, 0.6) is 0 Å². The molecular formula is C33H33FN10O2S. The maximum Gasteiger partial charge on any atom is 0.225 e. The number of aryl methyl sites for hydroxylation is 1. The molecule has 2 atom stereocenters. The third kappa shape index (κ3) is 6.12. The van der Waals surface area contributed by atoms with Crippen LogP contribution in [0.3, 0.4) is 0 Å². The standard InChI is InChI=1S/C33H33FN10O2S/c1-3-26-31(42(2)33-41-30(27(12-35)47-33)19-4-7-22(34)8-5-19)44-16-20(6-9-28(44)40-26)21-13-37-32(38-14-21)43-17-24(18-43)39-29(46)11-23-10-25(45)15-36-23/h4-9,13-14,16,23-25,36,45H,3,10-11,15,17-18H2,1-2H3,(H,39,46)/t23-,25+/m0/s1. The Hall–Kier alpha value is -4.97. The second-order valence-corrected chi connectivity index (χ2v) is 12.9. The molecule has 5 aromatic rings. The molecule has 0 aliphatic carbocycles. The summed E-state index contributed by atoms with van der Waals surface area (Å²) in [5.74, 6) is 1.07. The van der Waals surface area contributed by atoms with Gasteiger partial charge in [0.1, 0.15) is 33.9 Å². The second kappa shape index (κ2) is 12.7. The lowest BCUT2D eigenvalue weighted by Gasteiger charge is -2.39. The summed E-state index contributed by atoms with van der Waals surface area (Å²) in [6, 6.07) is 12.2. The van der Waals surface area contributed by atoms with Crippen molar-refractivity contribution in [3.05, 3.63) is 71.4 Å². The normalized spacial score (nSPS) is 17.9. The smallest absolute Gasteiger partial charge is 0.225 e. The van der Waals surface area contributed by atoms with Gasteiger partial charge in [-0.05, 0) is 49.2 Å². The van der Waals surface area contributed by atoms with E-state index >= 15 is 0 Å². The van der Waals surface area contributed by atoms with Gasteiger partial charge in [0.05, 0.1) is 17.8 Å². The molecule has 7 rings (SSSR count). The number of nitrogens with zero attached hydrogens (tertiary/aromatic N) is 8. The highest BCUT2D eigenvalue weighted by Crippen LogP contribution is 2.37. The topological polar surface area (TPSA) is 148 Å². The van der Waals surface area contributed by atoms with E-state index in [9.17, 15) is 19.6 Å². The van der Waals surface area contributed by atoms with Crippen molar-refractivity contribution in [3.8, 4) is 28.5 Å². The number of anilines is 3. The molecular weight excluding hydrogens is 619 g/mol. The quantitative estimate of drug-likeness (QED) is 0.216. The Morgan fingerprint density at radius 2 is 1.89 bits per heavy atom. The van der Waals surface area contributed by atoms with Crippen LogP contribution in [0.25, 0.3) is 28.0 Å². The van der Waals surface area contributed by atoms with Crippen LogP contribution in [0.1, 0.15) is 30.3 Å². The summed E-state index contributed by atoms with van der Waals surface area (Å²) in [5, 5.41) is 26.3. The Bertz CT molecular complexity index is 1960. The minimum absolute atomic E-state index is 0.0164. The molecule has 1 amide bonds. The number of pyridine rings is 1. The number of hydrogen-bond donors (Lipinski definition) is 3. The fraction of sp³-hybridized carbons (Fsp3) is 0.333. The number of carbonyl (C=O) groups is 1. The molecule has 0 radical (unpaired) electrons. The summed E-state index contributed by atoms with van der Waals surface area (Å²) >= 11 is 1.27. The van der Waals surface area contributed by atoms with E-state index in [0.717, 1.165) is 28.3 Å². The lowest BCUT2D eigenvalue weighted by molar-refractivity contribution is -0.122. The fourth-order valence-electron chi connectivity index (χ4n) is 6.10. The summed E-state index contributed by atoms with van der Waals surface area (Å²) in [7, 11) is 1.90. The van der Waals surface area contributed by atoms with E-state index in [1.807, 2.05) is 46.5 Å². The molecule has 2 saturated heterocycles. The van der Waals surface area contributed by atoms with Gasteiger partial charge >= 0.3 is 0 Å². The zero-order valence-corrected chi connectivity index (χ0v) is 26.7. The second-order valence-electron chi connectivity index (χ2n) is 11.9. The van der Waals surface area contributed by atoms with Gasteiger partial charge in [-0.3, -0.25) is 9.20 Å². The molecule has 2 aliphatic heterocycles. The predicted molar refractivity (Wildman–Crippen MR) is 177 cm³/mol. The van der Waals surface area contributed by atoms with E-state index in [1.54, 1.807) is 24.5 Å². The highest BCUT2D eigenvalue weighted by atomic mass is 32.1. The van der Waals surface area contributed by atoms with Crippen LogP contribution >= 0.6 is 11.3 Å². The Morgan fingerprint density at radius 3 is 2.57 bits per heavy atom. The summed E-state index contributed by atoms with van der Waals surface area (Å²) in [4.78, 5) is 35.7. The molecule has 1 aromatic carbocycles. The molecule has 12 nitrogen and oxygen atoms in total. The SMILES string of the molecule is CCc1nc2ccc(-c3cnc(N4CC(NC(=O)C[C@@H]5C[C@@H](O)CN5)C4)nc3)cn2c1N(C)c1nc(-c2ccc(F)cc2)c(C#N)s1. The van der Waals surface area contributed by atoms with Crippen molar-refractivity contribution in [2.45, 2.75) is 44.4 Å². The molecule has 0 saturated carbocycles. The number of nitriles is 1. The Labute approximate surface area is 274 Å². The summed E-state index contributed by atoms with van der Waals surface area (Å²) in [6.07, 6.45) is 6.86. The predicted octanol–water partition coefficient (Wildman–Crippen LogP) is 3.67. The van der Waals surface area contributed by atoms with Crippen molar-refractivity contribution >= 4 is 39.8 Å². The van der Waals surface area contributed by atoms with E-state index in [4.69, 9.17) is 9.97 Å². The number of rotatable bonds is 9. The van der Waals surface area contributed by atoms with Gasteiger partial charge in [-0.15, -0.1) is 0 Å². The van der Waals surface area contributed by atoms with Gasteiger partial charge in [-0.2, -0.15) is 5.26 Å². The number of aliphatic hydroxyl groups is 1. The summed E-state index contributed by atoms with van der Waals surface area (Å²) in [6.45, 7) is 3.85. The molecule has 2 fully saturated rings. The van der Waals surface area contributed by atoms with Gasteiger partial charge in [0.15, 0.2) is 5.13 Å². The first-order valence-electron chi connectivity index (χ1n) is 15.5. The van der Waals surface area contributed by atoms with Crippen molar-refractivity contribution in [1.29, 1.82) is 5.26 Å². The van der Waals surface area contributed by atoms with E-state index in [0.29, 0.717) is 66.1 Å². The number of hydrogen-bond acceptors (Lipinski definition) is 11. The first-order valence-corrected chi connectivity index (χ1v) is 16.3. The Morgan fingerprint density at radius 1 is 1.15 bits per heavy atom. The van der Waals surface area contributed by atoms with Crippen LogP contribution in [-0.2, 0) is 11.2 Å². The van der Waals surface area contributed by atoms with Gasteiger partial charge in [0.25, 0.3) is 0 Å². The third-order valence-corrected chi connectivity index (χ3v) is 9.61. The van der Waals surface area contributed by atoms with Crippen molar-refractivity contribution in [2.75, 3.05) is 36.5 Å². The number of nitrogens with one attached hydrogen (secondary N) is 2. The molecule has 4 aromatic heterocycles. The average molecular weight is 653 g/mol. The number of β-amino-alcohol motifs (C(OH)–C–C–N with tert-alkyl or cyclic N) is 1. The van der Waals surface area contributed by atoms with Gasteiger partial charge < -0.3 is 25.5 Å². The third-order valence-electron chi connectivity index (χ3n) is 8.57. The highest BCUT2D eigenvalue weighted by Gasteiger charge is 2.31. The largest absolute Gasteiger partial charge is 0.392 e. The van der Waals surface area contributed by atoms with E-state index in [2.05, 4.69) is 26.7 Å². The number of thiazole rings is 1. The number of imidazole rings is 1. The number of halogens is 1. The van der Waals surface area contributed by atoms with Crippen LogP contribution in [0.2, 0.25) is 0 Å². The lowest BCUT2D eigenvalue weighted by atomic mass is 10.1. The first kappa shape index (κ1) is 30.7. The molecule has 0 spiro atoms. The van der Waals surface area contributed by atoms with Gasteiger partial charge in [0, 0.05) is 74.4 Å². The maximum atomic E-state index is 13.5. The van der Waals surface area contributed by atoms with Crippen molar-refractivity contribution < 1.29 is 14.3 Å². The first-order chi connectivity index (χ1) is 22.8. The molecule has 240 valence electrons. The van der Waals surface area contributed by atoms with Crippen molar-refractivity contribution in [1.82, 2.24) is 35.0 Å². The van der Waals surface area contributed by atoms with Crippen LogP contribution in [0.4, 0.5) is 21.3 Å². The zero-order chi connectivity index (χ0) is 32.7. The van der Waals surface area contributed by atoms with Crippen molar-refractivity contribution in [3.63, 3.8) is 0 Å². The van der Waals surface area contributed by atoms with E-state index in [-0.39, 0.29) is 29.9 Å². The Kier molecular flexibility index (Phi) is 8.27. The van der Waals surface area contributed by atoms with Crippen LogP contribution < -0.4 is 20.4 Å². The summed E-state index contributed by atoms with van der Waals surface area (Å²) in [5.41, 5.74) is 4.59. The van der Waals surface area contributed by atoms with Crippen LogP contribution in [0, 0.1) is 17.1 Å². The van der Waals surface area contributed by atoms with Crippen LogP contribution in [0.15, 0.2) is 55.0 Å². The van der Waals surface area contributed by atoms with Crippen LogP contribution in [-0.4, -0.2) is 80.2 Å². The number of carbonyl (C=O) groups excluding carboxylic acids is 1. The summed E-state index contributed by atoms with van der Waals surface area (Å²) < 4.78 is 15.6. The number of aliphatic hydroxyl groups excluding tert-OH is 1. The number of amides is 1. The monoisotopic (exact) mass is 652 g/mol. The Balaban J connectivity index is 1.07. The fourth-order valence-corrected chi connectivity index (χ4v) is 6.95. The van der Waals surface area contributed by atoms with Gasteiger partial charge in [0.2, 0.25) is 11.9 Å². The maximum absolute atomic E-state index is 13.5. The van der Waals surface area contributed by atoms with E-state index < -0.39 is 0 Å². The minimum atomic E-state index is -0.378. The molecule has 47 heavy (non-hydrogen) atoms. The number of aromatic nitrogens is 5. The molecule has 6 heterocycles. The molecule has 14 heteroatoms. The highest BCUT2D eigenvalue weighted by molar-refractivity contribution is 7.16. The van der Waals surface area contributed by atoms with Crippen molar-refractivity contribution in [2.24, 2.45) is 0 Å². The lowest BCUT2D eigenvalue weighted by Crippen LogP contribution is -2.60. The molecule has 2 aliphatic rings. The average Bonchev–Trinajstić information content (AvgIpc) is 3.78. The molecule has 0 bridgehead atoms. The molecule has 0 unspecified atom stereocenters.